The maximum atomic E-state index is 11.5. The molecule has 0 saturated carbocycles. The van der Waals surface area contributed by atoms with E-state index >= 15 is 0 Å². The molecule has 35 heavy (non-hydrogen) atoms. The summed E-state index contributed by atoms with van der Waals surface area (Å²) in [6, 6.07) is 15.6. The Morgan fingerprint density at radius 2 is 1.91 bits per heavy atom. The number of piperazine rings is 1. The molecule has 0 bridgehead atoms. The Morgan fingerprint density at radius 3 is 2.71 bits per heavy atom. The average Bonchev–Trinajstić information content (AvgIpc) is 3.22. The highest BCUT2D eigenvalue weighted by Crippen LogP contribution is 2.36. The Balaban J connectivity index is 1.16. The van der Waals surface area contributed by atoms with Crippen LogP contribution in [0, 0.1) is 11.3 Å². The molecule has 5 rings (SSSR count). The molecule has 0 spiro atoms. The molecule has 182 valence electrons. The molecule has 0 radical (unpaired) electrons. The van der Waals surface area contributed by atoms with Gasteiger partial charge in [0, 0.05) is 38.1 Å². The zero-order valence-electron chi connectivity index (χ0n) is 20.0. The number of fused-ring (bicyclic) bond motifs is 2. The number of nitrogens with one attached hydrogen (secondary N) is 1. The highest BCUT2D eigenvalue weighted by Gasteiger charge is 2.22. The first-order valence-corrected chi connectivity index (χ1v) is 12.4. The number of urea groups is 1. The van der Waals surface area contributed by atoms with Crippen LogP contribution in [0.5, 0.6) is 5.75 Å². The number of anilines is 2. The third kappa shape index (κ3) is 5.05. The van der Waals surface area contributed by atoms with Gasteiger partial charge in [-0.3, -0.25) is 10.2 Å². The molecule has 2 aliphatic rings. The number of carbonyl (C=O) groups excluding carboxylic acids is 1. The molecule has 3 aromatic rings. The first-order valence-electron chi connectivity index (χ1n) is 12.4. The van der Waals surface area contributed by atoms with Gasteiger partial charge in [0.2, 0.25) is 0 Å². The van der Waals surface area contributed by atoms with E-state index in [-0.39, 0.29) is 0 Å². The lowest BCUT2D eigenvalue weighted by Crippen LogP contribution is -2.46. The molecule has 2 aliphatic heterocycles. The highest BCUT2D eigenvalue weighted by atomic mass is 16.5. The van der Waals surface area contributed by atoms with E-state index in [2.05, 4.69) is 44.0 Å². The van der Waals surface area contributed by atoms with Crippen LogP contribution in [0.25, 0.3) is 10.9 Å². The molecule has 0 atom stereocenters. The van der Waals surface area contributed by atoms with Crippen LogP contribution in [0.15, 0.2) is 42.5 Å². The minimum Gasteiger partial charge on any atom is -0.491 e. The fourth-order valence-electron chi connectivity index (χ4n) is 5.23. The number of nitrogens with two attached hydrogens (primary N) is 1. The SMILES string of the molecule is N#Cc1ccc2cc(NC(N)=O)n(CCCCN3CCN(c4cccc5c4OCCC5)CC3)c2c1. The molecule has 0 aliphatic carbocycles. The van der Waals surface area contributed by atoms with Crippen molar-refractivity contribution in [1.82, 2.24) is 9.47 Å². The van der Waals surface area contributed by atoms with E-state index in [1.165, 1.54) is 11.3 Å². The zero-order chi connectivity index (χ0) is 24.2. The first-order chi connectivity index (χ1) is 17.1. The second kappa shape index (κ2) is 10.3. The van der Waals surface area contributed by atoms with Crippen molar-refractivity contribution in [2.45, 2.75) is 32.2 Å². The molecule has 1 fully saturated rings. The molecule has 2 aromatic carbocycles. The second-order valence-electron chi connectivity index (χ2n) is 9.31. The Morgan fingerprint density at radius 1 is 1.09 bits per heavy atom. The number of nitrogens with zero attached hydrogens (tertiary/aromatic N) is 4. The number of amides is 2. The van der Waals surface area contributed by atoms with Crippen molar-refractivity contribution < 1.29 is 9.53 Å². The van der Waals surface area contributed by atoms with Crippen LogP contribution in [0.1, 0.15) is 30.4 Å². The summed E-state index contributed by atoms with van der Waals surface area (Å²) < 4.78 is 8.07. The Kier molecular flexibility index (Phi) is 6.77. The van der Waals surface area contributed by atoms with Crippen LogP contribution >= 0.6 is 0 Å². The van der Waals surface area contributed by atoms with Gasteiger partial charge in [0.05, 0.1) is 29.4 Å². The van der Waals surface area contributed by atoms with Crippen LogP contribution in [-0.2, 0) is 13.0 Å². The number of rotatable bonds is 7. The van der Waals surface area contributed by atoms with Gasteiger partial charge in [-0.1, -0.05) is 18.2 Å². The van der Waals surface area contributed by atoms with Gasteiger partial charge in [0.15, 0.2) is 0 Å². The van der Waals surface area contributed by atoms with Crippen LogP contribution in [0.2, 0.25) is 0 Å². The number of carbonyl (C=O) groups is 1. The molecular weight excluding hydrogens is 440 g/mol. The zero-order valence-corrected chi connectivity index (χ0v) is 20.0. The van der Waals surface area contributed by atoms with Crippen LogP contribution in [0.3, 0.4) is 0 Å². The summed E-state index contributed by atoms with van der Waals surface area (Å²) in [5.74, 6) is 1.76. The Bertz CT molecular complexity index is 1250. The van der Waals surface area contributed by atoms with Crippen molar-refractivity contribution in [2.75, 3.05) is 49.5 Å². The largest absolute Gasteiger partial charge is 0.491 e. The molecular formula is C27H32N6O2. The van der Waals surface area contributed by atoms with Gasteiger partial charge in [-0.2, -0.15) is 5.26 Å². The number of aromatic nitrogens is 1. The smallest absolute Gasteiger partial charge is 0.317 e. The fraction of sp³-hybridized carbons (Fsp3) is 0.407. The normalized spacial score (nSPS) is 15.9. The topological polar surface area (TPSA) is 99.5 Å². The lowest BCUT2D eigenvalue weighted by molar-refractivity contribution is 0.248. The number of hydrogen-bond acceptors (Lipinski definition) is 5. The van der Waals surface area contributed by atoms with Crippen LogP contribution in [0.4, 0.5) is 16.3 Å². The van der Waals surface area contributed by atoms with Crippen LogP contribution in [-0.4, -0.2) is 54.8 Å². The van der Waals surface area contributed by atoms with Gasteiger partial charge >= 0.3 is 6.03 Å². The van der Waals surface area contributed by atoms with Crippen molar-refractivity contribution in [1.29, 1.82) is 5.26 Å². The summed E-state index contributed by atoms with van der Waals surface area (Å²) in [5, 5.41) is 13.0. The lowest BCUT2D eigenvalue weighted by Gasteiger charge is -2.37. The van der Waals surface area contributed by atoms with Crippen molar-refractivity contribution in [3.8, 4) is 11.8 Å². The molecule has 0 unspecified atom stereocenters. The molecule has 8 nitrogen and oxygen atoms in total. The Labute approximate surface area is 205 Å². The number of nitriles is 1. The number of hydrogen-bond donors (Lipinski definition) is 2. The van der Waals surface area contributed by atoms with Gasteiger partial charge in [-0.15, -0.1) is 0 Å². The van der Waals surface area contributed by atoms with E-state index in [1.807, 2.05) is 18.2 Å². The summed E-state index contributed by atoms with van der Waals surface area (Å²) in [5.41, 5.74) is 9.50. The summed E-state index contributed by atoms with van der Waals surface area (Å²) in [4.78, 5) is 16.5. The van der Waals surface area contributed by atoms with E-state index in [0.29, 0.717) is 11.4 Å². The minimum absolute atomic E-state index is 0.586. The van der Waals surface area contributed by atoms with E-state index in [9.17, 15) is 10.1 Å². The fourth-order valence-corrected chi connectivity index (χ4v) is 5.23. The lowest BCUT2D eigenvalue weighted by atomic mass is 10.0. The summed E-state index contributed by atoms with van der Waals surface area (Å²) in [6.45, 7) is 6.69. The molecule has 3 heterocycles. The van der Waals surface area contributed by atoms with Gasteiger partial charge in [0.25, 0.3) is 0 Å². The number of unbranched alkanes of at least 4 members (excludes halogenated alkanes) is 1. The maximum absolute atomic E-state index is 11.5. The minimum atomic E-state index is -0.586. The van der Waals surface area contributed by atoms with Gasteiger partial charge in [-0.05, 0) is 62.1 Å². The second-order valence-corrected chi connectivity index (χ2v) is 9.31. The molecule has 1 saturated heterocycles. The van der Waals surface area contributed by atoms with E-state index in [1.54, 1.807) is 6.07 Å². The van der Waals surface area contributed by atoms with E-state index < -0.39 is 6.03 Å². The molecule has 1 aromatic heterocycles. The quantitative estimate of drug-likeness (QED) is 0.508. The maximum Gasteiger partial charge on any atom is 0.317 e. The standard InChI is InChI=1S/C27H32N6O2/c28-19-20-8-9-22-18-25(30-27(29)34)33(24(22)17-20)11-2-1-10-31-12-14-32(15-13-31)23-7-3-5-21-6-4-16-35-26(21)23/h3,5,7-9,17-18H,1-2,4,6,10-16H2,(H3,29,30,34). The monoisotopic (exact) mass is 472 g/mol. The highest BCUT2D eigenvalue weighted by molar-refractivity contribution is 5.93. The number of aryl methyl sites for hydroxylation is 2. The number of benzene rings is 2. The van der Waals surface area contributed by atoms with Gasteiger partial charge < -0.3 is 19.9 Å². The Hall–Kier alpha value is -3.70. The van der Waals surface area contributed by atoms with E-state index in [0.717, 1.165) is 88.2 Å². The first kappa shape index (κ1) is 23.1. The summed E-state index contributed by atoms with van der Waals surface area (Å²) in [6.07, 6.45) is 4.22. The van der Waals surface area contributed by atoms with Crippen LogP contribution < -0.4 is 20.7 Å². The predicted octanol–water partition coefficient (Wildman–Crippen LogP) is 3.93. The third-order valence-electron chi connectivity index (χ3n) is 7.02. The van der Waals surface area contributed by atoms with Crippen molar-refractivity contribution in [2.24, 2.45) is 5.73 Å². The van der Waals surface area contributed by atoms with Crippen molar-refractivity contribution in [3.05, 3.63) is 53.6 Å². The van der Waals surface area contributed by atoms with Gasteiger partial charge in [0.1, 0.15) is 11.6 Å². The number of primary amides is 1. The molecule has 8 heteroatoms. The average molecular weight is 473 g/mol. The van der Waals surface area contributed by atoms with Crippen molar-refractivity contribution in [3.63, 3.8) is 0 Å². The molecule has 3 N–H and O–H groups in total. The number of para-hydroxylation sites is 1. The number of ether oxygens (including phenoxy) is 1. The third-order valence-corrected chi connectivity index (χ3v) is 7.02. The predicted molar refractivity (Wildman–Crippen MR) is 138 cm³/mol. The van der Waals surface area contributed by atoms with Crippen molar-refractivity contribution >= 4 is 28.4 Å². The molecule has 2 amide bonds. The van der Waals surface area contributed by atoms with E-state index in [4.69, 9.17) is 10.5 Å². The summed E-state index contributed by atoms with van der Waals surface area (Å²) >= 11 is 0. The van der Waals surface area contributed by atoms with Gasteiger partial charge in [-0.25, -0.2) is 4.79 Å². The summed E-state index contributed by atoms with van der Waals surface area (Å²) in [7, 11) is 0.